The van der Waals surface area contributed by atoms with Gasteiger partial charge in [-0.1, -0.05) is 12.1 Å². The van der Waals surface area contributed by atoms with E-state index in [4.69, 9.17) is 4.84 Å². The Bertz CT molecular complexity index is 972. The number of aryl methyl sites for hydroxylation is 1. The number of hydrogen-bond donors (Lipinski definition) is 2. The molecule has 2 heterocycles. The molecule has 1 aromatic carbocycles. The number of piperazine rings is 1. The van der Waals surface area contributed by atoms with Crippen LogP contribution in [-0.2, 0) is 14.9 Å². The first-order valence-electron chi connectivity index (χ1n) is 8.67. The molecule has 1 aromatic heterocycles. The van der Waals surface area contributed by atoms with Gasteiger partial charge in [-0.2, -0.15) is 5.06 Å². The van der Waals surface area contributed by atoms with E-state index in [-0.39, 0.29) is 16.1 Å². The predicted octanol–water partition coefficient (Wildman–Crippen LogP) is 1.57. The summed E-state index contributed by atoms with van der Waals surface area (Å²) in [5.74, 6) is -0.795. The van der Waals surface area contributed by atoms with Crippen molar-refractivity contribution in [2.75, 3.05) is 42.9 Å². The highest BCUT2D eigenvalue weighted by molar-refractivity contribution is 7.92. The van der Waals surface area contributed by atoms with Crippen molar-refractivity contribution in [2.45, 2.75) is 11.8 Å². The summed E-state index contributed by atoms with van der Waals surface area (Å²) in [7, 11) is -2.31. The first-order valence-corrected chi connectivity index (χ1v) is 10.2. The number of hydroxylamine groups is 2. The lowest BCUT2D eigenvalue weighted by Crippen LogP contribution is -2.46. The topological polar surface area (TPSA) is 112 Å². The summed E-state index contributed by atoms with van der Waals surface area (Å²) in [5, 5.41) is 11.1. The van der Waals surface area contributed by atoms with Crippen molar-refractivity contribution in [1.82, 2.24) is 10.0 Å². The third-order valence-corrected chi connectivity index (χ3v) is 5.82. The van der Waals surface area contributed by atoms with Gasteiger partial charge in [-0.05, 0) is 30.7 Å². The molecular weight excluding hydrogens is 384 g/mol. The van der Waals surface area contributed by atoms with E-state index in [0.29, 0.717) is 32.0 Å². The number of sulfonamides is 1. The summed E-state index contributed by atoms with van der Waals surface area (Å²) in [4.78, 5) is 22.8. The monoisotopic (exact) mass is 406 g/mol. The van der Waals surface area contributed by atoms with Gasteiger partial charge in [-0.15, -0.1) is 0 Å². The van der Waals surface area contributed by atoms with E-state index in [2.05, 4.69) is 9.71 Å². The maximum Gasteiger partial charge on any atom is 0.337 e. The second-order valence-corrected chi connectivity index (χ2v) is 8.10. The average Bonchev–Trinajstić information content (AvgIpc) is 2.68. The zero-order valence-corrected chi connectivity index (χ0v) is 16.4. The molecule has 1 fully saturated rings. The molecule has 2 aromatic rings. The maximum absolute atomic E-state index is 12.8. The zero-order valence-electron chi connectivity index (χ0n) is 15.6. The summed E-state index contributed by atoms with van der Waals surface area (Å²) in [6, 6.07) is 7.78. The van der Waals surface area contributed by atoms with Crippen LogP contribution in [0.3, 0.4) is 0 Å². The van der Waals surface area contributed by atoms with Gasteiger partial charge in [0.05, 0.1) is 23.3 Å². The van der Waals surface area contributed by atoms with E-state index in [1.165, 1.54) is 18.3 Å². The predicted molar refractivity (Wildman–Crippen MR) is 104 cm³/mol. The van der Waals surface area contributed by atoms with E-state index in [0.717, 1.165) is 5.56 Å². The van der Waals surface area contributed by atoms with Gasteiger partial charge < -0.3 is 14.8 Å². The fraction of sp³-hybridized carbons (Fsp3) is 0.333. The Kier molecular flexibility index (Phi) is 5.82. The minimum Gasteiger partial charge on any atom is -0.478 e. The number of aromatic carboxylic acids is 1. The smallest absolute Gasteiger partial charge is 0.337 e. The lowest BCUT2D eigenvalue weighted by molar-refractivity contribution is -0.133. The number of carboxylic acids is 1. The molecule has 1 aliphatic heterocycles. The maximum atomic E-state index is 12.8. The van der Waals surface area contributed by atoms with Crippen LogP contribution in [-0.4, -0.2) is 62.8 Å². The van der Waals surface area contributed by atoms with Gasteiger partial charge in [0.15, 0.2) is 5.82 Å². The van der Waals surface area contributed by atoms with Crippen LogP contribution in [0.2, 0.25) is 0 Å². The molecule has 1 aliphatic rings. The number of nitrogens with zero attached hydrogens (tertiary/aromatic N) is 3. The van der Waals surface area contributed by atoms with Gasteiger partial charge in [0.1, 0.15) is 0 Å². The fourth-order valence-corrected chi connectivity index (χ4v) is 4.13. The molecular formula is C18H22N4O5S. The second kappa shape index (κ2) is 8.13. The molecule has 2 N–H and O–H groups in total. The van der Waals surface area contributed by atoms with Gasteiger partial charge >= 0.3 is 5.97 Å². The van der Waals surface area contributed by atoms with Gasteiger partial charge in [0.2, 0.25) is 0 Å². The van der Waals surface area contributed by atoms with E-state index >= 15 is 0 Å². The zero-order chi connectivity index (χ0) is 20.3. The van der Waals surface area contributed by atoms with Crippen LogP contribution in [0.1, 0.15) is 15.9 Å². The molecule has 1 saturated heterocycles. The third-order valence-electron chi connectivity index (χ3n) is 4.45. The highest BCUT2D eigenvalue weighted by atomic mass is 32.2. The van der Waals surface area contributed by atoms with Crippen molar-refractivity contribution < 1.29 is 23.2 Å². The van der Waals surface area contributed by atoms with Crippen molar-refractivity contribution in [3.63, 3.8) is 0 Å². The number of pyridine rings is 1. The van der Waals surface area contributed by atoms with Crippen molar-refractivity contribution in [3.05, 3.63) is 47.7 Å². The Labute approximate surface area is 163 Å². The van der Waals surface area contributed by atoms with Gasteiger partial charge in [-0.25, -0.2) is 18.2 Å². The van der Waals surface area contributed by atoms with Gasteiger partial charge in [0, 0.05) is 32.4 Å². The number of anilines is 2. The Morgan fingerprint density at radius 2 is 1.93 bits per heavy atom. The van der Waals surface area contributed by atoms with Crippen molar-refractivity contribution in [2.24, 2.45) is 0 Å². The molecule has 150 valence electrons. The minimum atomic E-state index is -3.90. The van der Waals surface area contributed by atoms with E-state index < -0.39 is 16.0 Å². The number of rotatable bonds is 6. The Balaban J connectivity index is 1.96. The summed E-state index contributed by atoms with van der Waals surface area (Å²) in [5.41, 5.74) is 0.838. The molecule has 0 unspecified atom stereocenters. The molecule has 9 nitrogen and oxygen atoms in total. The summed E-state index contributed by atoms with van der Waals surface area (Å²) in [6.07, 6.45) is 1.23. The van der Waals surface area contributed by atoms with Crippen LogP contribution in [0.4, 0.5) is 11.5 Å². The Hall–Kier alpha value is -2.69. The Morgan fingerprint density at radius 3 is 2.54 bits per heavy atom. The summed E-state index contributed by atoms with van der Waals surface area (Å²) < 4.78 is 28.2. The standard InChI is InChI=1S/C18H22N4O5S/c1-13-4-3-5-15(10-13)28(25,26)20-16-11-14(18(23)24)12-19-17(16)21-6-8-22(27-2)9-7-21/h3-5,10-12,20H,6-9H2,1-2H3,(H,23,24). The first-order chi connectivity index (χ1) is 13.3. The molecule has 10 heteroatoms. The van der Waals surface area contributed by atoms with Crippen molar-refractivity contribution >= 4 is 27.5 Å². The Morgan fingerprint density at radius 1 is 1.21 bits per heavy atom. The molecule has 28 heavy (non-hydrogen) atoms. The molecule has 0 atom stereocenters. The average molecular weight is 406 g/mol. The van der Waals surface area contributed by atoms with Crippen LogP contribution in [0.25, 0.3) is 0 Å². The largest absolute Gasteiger partial charge is 0.478 e. The van der Waals surface area contributed by atoms with Crippen LogP contribution >= 0.6 is 0 Å². The summed E-state index contributed by atoms with van der Waals surface area (Å²) in [6.45, 7) is 4.15. The number of benzene rings is 1. The minimum absolute atomic E-state index is 0.0961. The molecule has 0 radical (unpaired) electrons. The number of carbonyl (C=O) groups is 1. The number of nitrogens with one attached hydrogen (secondary N) is 1. The van der Waals surface area contributed by atoms with Gasteiger partial charge in [-0.3, -0.25) is 4.72 Å². The van der Waals surface area contributed by atoms with E-state index in [1.807, 2.05) is 4.90 Å². The van der Waals surface area contributed by atoms with Crippen LogP contribution in [0, 0.1) is 6.92 Å². The molecule has 0 bridgehead atoms. The van der Waals surface area contributed by atoms with Crippen LogP contribution in [0.15, 0.2) is 41.4 Å². The van der Waals surface area contributed by atoms with Gasteiger partial charge in [0.25, 0.3) is 10.0 Å². The quantitative estimate of drug-likeness (QED) is 0.744. The normalized spacial score (nSPS) is 15.4. The first kappa shape index (κ1) is 20.1. The molecule has 0 spiro atoms. The van der Waals surface area contributed by atoms with E-state index in [9.17, 15) is 18.3 Å². The van der Waals surface area contributed by atoms with Crippen molar-refractivity contribution in [3.8, 4) is 0 Å². The lowest BCUT2D eigenvalue weighted by atomic mass is 10.2. The van der Waals surface area contributed by atoms with Crippen LogP contribution in [0.5, 0.6) is 0 Å². The molecule has 3 rings (SSSR count). The molecule has 0 aliphatic carbocycles. The third kappa shape index (κ3) is 4.41. The molecule has 0 saturated carbocycles. The second-order valence-electron chi connectivity index (χ2n) is 6.42. The van der Waals surface area contributed by atoms with Crippen LogP contribution < -0.4 is 9.62 Å². The summed E-state index contributed by atoms with van der Waals surface area (Å²) >= 11 is 0. The van der Waals surface area contributed by atoms with E-state index in [1.54, 1.807) is 37.3 Å². The number of hydrogen-bond acceptors (Lipinski definition) is 7. The van der Waals surface area contributed by atoms with Crippen molar-refractivity contribution in [1.29, 1.82) is 0 Å². The number of carboxylic acid groups (broad SMARTS) is 1. The lowest BCUT2D eigenvalue weighted by Gasteiger charge is -2.34. The highest BCUT2D eigenvalue weighted by Gasteiger charge is 2.24. The fourth-order valence-electron chi connectivity index (χ4n) is 2.97. The molecule has 0 amide bonds. The number of aromatic nitrogens is 1. The highest BCUT2D eigenvalue weighted by Crippen LogP contribution is 2.28. The SMILES string of the molecule is CON1CCN(c2ncc(C(=O)O)cc2NS(=O)(=O)c2cccc(C)c2)CC1.